The Bertz CT molecular complexity index is 409. The summed E-state index contributed by atoms with van der Waals surface area (Å²) in [5.41, 5.74) is -0.959. The summed E-state index contributed by atoms with van der Waals surface area (Å²) in [5.74, 6) is 0.0831. The largest absolute Gasteiger partial charge is 0.379 e. The molecule has 2 atom stereocenters. The summed E-state index contributed by atoms with van der Waals surface area (Å²) in [6, 6.07) is -0.398. The normalized spacial score (nSPS) is 38.0. The molecule has 19 heavy (non-hydrogen) atoms. The zero-order valence-corrected chi connectivity index (χ0v) is 11.7. The highest BCUT2D eigenvalue weighted by molar-refractivity contribution is 6.00. The summed E-state index contributed by atoms with van der Waals surface area (Å²) in [5, 5.41) is 2.99. The molecule has 3 fully saturated rings. The average molecular weight is 266 g/mol. The second kappa shape index (κ2) is 4.20. The van der Waals surface area contributed by atoms with Crippen LogP contribution in [0.1, 0.15) is 46.0 Å². The van der Waals surface area contributed by atoms with E-state index in [-0.39, 0.29) is 17.4 Å². The Morgan fingerprint density at radius 3 is 2.53 bits per heavy atom. The Morgan fingerprint density at radius 2 is 1.95 bits per heavy atom. The van der Waals surface area contributed by atoms with Crippen LogP contribution in [0.4, 0.5) is 0 Å². The highest BCUT2D eigenvalue weighted by atomic mass is 16.5. The van der Waals surface area contributed by atoms with Gasteiger partial charge < -0.3 is 15.0 Å². The maximum atomic E-state index is 13.0. The molecule has 1 saturated carbocycles. The Labute approximate surface area is 113 Å². The van der Waals surface area contributed by atoms with Crippen molar-refractivity contribution in [2.45, 2.75) is 63.1 Å². The smallest absolute Gasteiger partial charge is 0.249 e. The zero-order chi connectivity index (χ0) is 13.7. The van der Waals surface area contributed by atoms with Gasteiger partial charge in [-0.15, -0.1) is 0 Å². The molecular weight excluding hydrogens is 244 g/mol. The number of amides is 2. The van der Waals surface area contributed by atoms with Crippen LogP contribution in [0.5, 0.6) is 0 Å². The molecule has 5 nitrogen and oxygen atoms in total. The van der Waals surface area contributed by atoms with Crippen molar-refractivity contribution in [1.29, 1.82) is 0 Å². The topological polar surface area (TPSA) is 58.6 Å². The minimum atomic E-state index is -0.630. The number of hydrogen-bond acceptors (Lipinski definition) is 3. The third-order valence-corrected chi connectivity index (χ3v) is 4.99. The van der Waals surface area contributed by atoms with Gasteiger partial charge in [0.25, 0.3) is 0 Å². The van der Waals surface area contributed by atoms with Crippen molar-refractivity contribution in [3.05, 3.63) is 0 Å². The molecule has 3 rings (SSSR count). The van der Waals surface area contributed by atoms with Gasteiger partial charge in [-0.1, -0.05) is 12.8 Å². The Balaban J connectivity index is 1.96. The minimum absolute atomic E-state index is 0.0189. The summed E-state index contributed by atoms with van der Waals surface area (Å²) in [6.45, 7) is 5.06. The number of nitrogens with zero attached hydrogens (tertiary/aromatic N) is 1. The van der Waals surface area contributed by atoms with E-state index >= 15 is 0 Å². The average Bonchev–Trinajstić information content (AvgIpc) is 2.98. The van der Waals surface area contributed by atoms with Crippen LogP contribution in [0.3, 0.4) is 0 Å². The van der Waals surface area contributed by atoms with Crippen molar-refractivity contribution in [2.24, 2.45) is 0 Å². The van der Waals surface area contributed by atoms with Crippen LogP contribution in [-0.4, -0.2) is 47.0 Å². The maximum Gasteiger partial charge on any atom is 0.249 e. The van der Waals surface area contributed by atoms with Crippen molar-refractivity contribution in [1.82, 2.24) is 10.2 Å². The first-order chi connectivity index (χ1) is 8.99. The monoisotopic (exact) mass is 266 g/mol. The van der Waals surface area contributed by atoms with Crippen LogP contribution >= 0.6 is 0 Å². The van der Waals surface area contributed by atoms with Gasteiger partial charge in [0.1, 0.15) is 11.6 Å². The van der Waals surface area contributed by atoms with E-state index in [0.717, 1.165) is 32.1 Å². The van der Waals surface area contributed by atoms with Gasteiger partial charge >= 0.3 is 0 Å². The SMILES string of the molecule is CC1C(=O)NC2(CCCC2)C(=O)N1C1(C)CCOC1. The van der Waals surface area contributed by atoms with E-state index in [9.17, 15) is 9.59 Å². The van der Waals surface area contributed by atoms with Gasteiger partial charge in [0.2, 0.25) is 11.8 Å². The van der Waals surface area contributed by atoms with E-state index in [1.54, 1.807) is 0 Å². The Morgan fingerprint density at radius 1 is 1.26 bits per heavy atom. The predicted octanol–water partition coefficient (Wildman–Crippen LogP) is 0.825. The molecule has 5 heteroatoms. The number of hydrogen-bond donors (Lipinski definition) is 1. The lowest BCUT2D eigenvalue weighted by Crippen LogP contribution is -2.73. The van der Waals surface area contributed by atoms with Crippen molar-refractivity contribution in [3.63, 3.8) is 0 Å². The van der Waals surface area contributed by atoms with Crippen LogP contribution in [0.2, 0.25) is 0 Å². The van der Waals surface area contributed by atoms with Gasteiger partial charge in [-0.05, 0) is 33.1 Å². The molecule has 2 aliphatic heterocycles. The lowest BCUT2D eigenvalue weighted by atomic mass is 9.86. The molecule has 0 radical (unpaired) electrons. The molecule has 3 aliphatic rings. The van der Waals surface area contributed by atoms with Crippen molar-refractivity contribution < 1.29 is 14.3 Å². The van der Waals surface area contributed by atoms with Crippen LogP contribution < -0.4 is 5.32 Å². The van der Waals surface area contributed by atoms with Gasteiger partial charge in [0, 0.05) is 6.61 Å². The molecule has 106 valence electrons. The van der Waals surface area contributed by atoms with E-state index in [4.69, 9.17) is 4.74 Å². The molecule has 2 heterocycles. The fraction of sp³-hybridized carbons (Fsp3) is 0.857. The number of rotatable bonds is 1. The lowest BCUT2D eigenvalue weighted by molar-refractivity contribution is -0.161. The van der Waals surface area contributed by atoms with Gasteiger partial charge in [0.05, 0.1) is 12.1 Å². The number of piperazine rings is 1. The molecule has 2 amide bonds. The first-order valence-corrected chi connectivity index (χ1v) is 7.22. The third-order valence-electron chi connectivity index (χ3n) is 4.99. The second-order valence-corrected chi connectivity index (χ2v) is 6.43. The number of ether oxygens (including phenoxy) is 1. The van der Waals surface area contributed by atoms with Crippen molar-refractivity contribution in [3.8, 4) is 0 Å². The summed E-state index contributed by atoms with van der Waals surface area (Å²) in [4.78, 5) is 27.0. The zero-order valence-electron chi connectivity index (χ0n) is 11.7. The molecule has 1 N–H and O–H groups in total. The van der Waals surface area contributed by atoms with Crippen LogP contribution in [0.15, 0.2) is 0 Å². The number of carbonyl (C=O) groups excluding carboxylic acids is 2. The van der Waals surface area contributed by atoms with Crippen LogP contribution in [-0.2, 0) is 14.3 Å². The van der Waals surface area contributed by atoms with Gasteiger partial charge in [-0.25, -0.2) is 0 Å². The van der Waals surface area contributed by atoms with Crippen molar-refractivity contribution >= 4 is 11.8 Å². The minimum Gasteiger partial charge on any atom is -0.379 e. The summed E-state index contributed by atoms with van der Waals surface area (Å²) < 4.78 is 5.47. The van der Waals surface area contributed by atoms with E-state index < -0.39 is 11.6 Å². The Kier molecular flexibility index (Phi) is 2.85. The van der Waals surface area contributed by atoms with Crippen molar-refractivity contribution in [2.75, 3.05) is 13.2 Å². The predicted molar refractivity (Wildman–Crippen MR) is 69.5 cm³/mol. The quantitative estimate of drug-likeness (QED) is 0.764. The standard InChI is InChI=1S/C14H22N2O3/c1-10-11(17)15-14(5-3-4-6-14)12(18)16(10)13(2)7-8-19-9-13/h10H,3-9H2,1-2H3,(H,15,17). The lowest BCUT2D eigenvalue weighted by Gasteiger charge is -2.49. The van der Waals surface area contributed by atoms with E-state index in [2.05, 4.69) is 5.32 Å². The van der Waals surface area contributed by atoms with Gasteiger partial charge in [0.15, 0.2) is 0 Å². The number of nitrogens with one attached hydrogen (secondary N) is 1. The molecule has 1 spiro atoms. The molecule has 0 bridgehead atoms. The van der Waals surface area contributed by atoms with E-state index in [0.29, 0.717) is 13.2 Å². The molecular formula is C14H22N2O3. The highest BCUT2D eigenvalue weighted by Crippen LogP contribution is 2.39. The second-order valence-electron chi connectivity index (χ2n) is 6.43. The highest BCUT2D eigenvalue weighted by Gasteiger charge is 2.55. The van der Waals surface area contributed by atoms with Gasteiger partial charge in [-0.3, -0.25) is 9.59 Å². The Hall–Kier alpha value is -1.10. The molecule has 2 saturated heterocycles. The van der Waals surface area contributed by atoms with Crippen LogP contribution in [0.25, 0.3) is 0 Å². The maximum absolute atomic E-state index is 13.0. The fourth-order valence-corrected chi connectivity index (χ4v) is 3.79. The first kappa shape index (κ1) is 12.9. The molecule has 1 aliphatic carbocycles. The molecule has 2 unspecified atom stereocenters. The molecule has 0 aromatic rings. The van der Waals surface area contributed by atoms with E-state index in [1.807, 2.05) is 18.7 Å². The summed E-state index contributed by atoms with van der Waals surface area (Å²) in [7, 11) is 0. The van der Waals surface area contributed by atoms with E-state index in [1.165, 1.54) is 0 Å². The fourth-order valence-electron chi connectivity index (χ4n) is 3.79. The summed E-state index contributed by atoms with van der Waals surface area (Å²) >= 11 is 0. The first-order valence-electron chi connectivity index (χ1n) is 7.22. The summed E-state index contributed by atoms with van der Waals surface area (Å²) in [6.07, 6.45) is 4.39. The van der Waals surface area contributed by atoms with Crippen LogP contribution in [0, 0.1) is 0 Å². The molecule has 0 aromatic heterocycles. The third kappa shape index (κ3) is 1.78. The molecule has 0 aromatic carbocycles. The van der Waals surface area contributed by atoms with Gasteiger partial charge in [-0.2, -0.15) is 0 Å². The number of carbonyl (C=O) groups is 2.